The molecule has 0 atom stereocenters. The Hall–Kier alpha value is -3.09. The van der Waals surface area contributed by atoms with E-state index in [-0.39, 0.29) is 11.8 Å². The second kappa shape index (κ2) is 13.3. The molecule has 1 heterocycles. The van der Waals surface area contributed by atoms with Crippen molar-refractivity contribution in [2.75, 3.05) is 19.7 Å². The monoisotopic (exact) mass is 427 g/mol. The predicted molar refractivity (Wildman–Crippen MR) is 120 cm³/mol. The molecule has 0 spiro atoms. The van der Waals surface area contributed by atoms with E-state index in [1.807, 2.05) is 44.2 Å². The van der Waals surface area contributed by atoms with E-state index in [9.17, 15) is 9.59 Å². The summed E-state index contributed by atoms with van der Waals surface area (Å²) in [4.78, 5) is 30.3. The van der Waals surface area contributed by atoms with E-state index in [0.717, 1.165) is 17.7 Å². The van der Waals surface area contributed by atoms with Gasteiger partial charge in [-0.15, -0.1) is 0 Å². The van der Waals surface area contributed by atoms with Gasteiger partial charge >= 0.3 is 0 Å². The molecule has 168 valence electrons. The third-order valence-electron chi connectivity index (χ3n) is 4.75. The van der Waals surface area contributed by atoms with Crippen LogP contribution in [0.2, 0.25) is 0 Å². The molecule has 0 saturated heterocycles. The summed E-state index contributed by atoms with van der Waals surface area (Å²) in [6.45, 7) is 8.34. The fraction of sp³-hybridized carbons (Fsp3) is 0.458. The summed E-state index contributed by atoms with van der Waals surface area (Å²) in [5.74, 6) is 1.88. The van der Waals surface area contributed by atoms with Crippen LogP contribution >= 0.6 is 0 Å². The van der Waals surface area contributed by atoms with Gasteiger partial charge in [0.1, 0.15) is 11.5 Å². The van der Waals surface area contributed by atoms with Gasteiger partial charge in [-0.2, -0.15) is 0 Å². The molecule has 1 N–H and O–H groups in total. The minimum absolute atomic E-state index is 0.0897. The zero-order valence-corrected chi connectivity index (χ0v) is 18.7. The van der Waals surface area contributed by atoms with Crippen molar-refractivity contribution in [3.05, 3.63) is 48.2 Å². The van der Waals surface area contributed by atoms with Gasteiger partial charge in [-0.05, 0) is 57.0 Å². The van der Waals surface area contributed by atoms with Crippen LogP contribution in [0.1, 0.15) is 52.0 Å². The molecule has 0 fully saturated rings. The molecular formula is C24H33N3O4. The Balaban J connectivity index is 1.84. The first kappa shape index (κ1) is 24.2. The third kappa shape index (κ3) is 8.28. The molecule has 0 aliphatic rings. The molecule has 7 nitrogen and oxygen atoms in total. The molecule has 1 aromatic carbocycles. The summed E-state index contributed by atoms with van der Waals surface area (Å²) in [6, 6.07) is 11.0. The Labute approximate surface area is 184 Å². The van der Waals surface area contributed by atoms with E-state index in [2.05, 4.69) is 17.2 Å². The van der Waals surface area contributed by atoms with E-state index in [4.69, 9.17) is 9.47 Å². The summed E-state index contributed by atoms with van der Waals surface area (Å²) >= 11 is 0. The third-order valence-corrected chi connectivity index (χ3v) is 4.75. The first-order valence-electron chi connectivity index (χ1n) is 11.0. The maximum absolute atomic E-state index is 12.2. The van der Waals surface area contributed by atoms with Crippen molar-refractivity contribution in [1.82, 2.24) is 15.2 Å². The number of ether oxygens (including phenoxy) is 2. The van der Waals surface area contributed by atoms with Crippen molar-refractivity contribution in [3.63, 3.8) is 0 Å². The molecule has 0 aliphatic carbocycles. The lowest BCUT2D eigenvalue weighted by Crippen LogP contribution is -2.30. The van der Waals surface area contributed by atoms with Crippen LogP contribution in [0.5, 0.6) is 17.4 Å². The first-order chi connectivity index (χ1) is 15.1. The molecule has 0 saturated carbocycles. The van der Waals surface area contributed by atoms with Crippen LogP contribution < -0.4 is 14.8 Å². The second-order valence-corrected chi connectivity index (χ2v) is 7.09. The number of nitrogens with one attached hydrogen (secondary N) is 1. The van der Waals surface area contributed by atoms with Crippen LogP contribution in [-0.2, 0) is 16.1 Å². The summed E-state index contributed by atoms with van der Waals surface area (Å²) in [7, 11) is 0. The second-order valence-electron chi connectivity index (χ2n) is 7.09. The Morgan fingerprint density at radius 3 is 2.39 bits per heavy atom. The Morgan fingerprint density at radius 1 is 1.00 bits per heavy atom. The van der Waals surface area contributed by atoms with Gasteiger partial charge in [-0.1, -0.05) is 13.0 Å². The van der Waals surface area contributed by atoms with Gasteiger partial charge in [-0.3, -0.25) is 9.59 Å². The minimum atomic E-state index is -0.0976. The quantitative estimate of drug-likeness (QED) is 0.515. The fourth-order valence-corrected chi connectivity index (χ4v) is 3.00. The zero-order chi connectivity index (χ0) is 22.5. The predicted octanol–water partition coefficient (Wildman–Crippen LogP) is 4.32. The van der Waals surface area contributed by atoms with E-state index in [0.29, 0.717) is 57.1 Å². The van der Waals surface area contributed by atoms with Crippen LogP contribution in [0, 0.1) is 0 Å². The van der Waals surface area contributed by atoms with Crippen molar-refractivity contribution in [2.45, 2.75) is 53.0 Å². The van der Waals surface area contributed by atoms with Gasteiger partial charge in [0, 0.05) is 44.2 Å². The van der Waals surface area contributed by atoms with E-state index < -0.39 is 0 Å². The Kier molecular flexibility index (Phi) is 10.3. The highest BCUT2D eigenvalue weighted by molar-refractivity contribution is 5.79. The van der Waals surface area contributed by atoms with Crippen LogP contribution in [0.15, 0.2) is 42.6 Å². The van der Waals surface area contributed by atoms with Crippen molar-refractivity contribution >= 4 is 11.8 Å². The number of aromatic nitrogens is 1. The maximum Gasteiger partial charge on any atom is 0.224 e. The molecule has 7 heteroatoms. The molecule has 1 aromatic heterocycles. The number of amides is 2. The molecule has 0 bridgehead atoms. The minimum Gasteiger partial charge on any atom is -0.494 e. The number of benzene rings is 1. The zero-order valence-electron chi connectivity index (χ0n) is 18.7. The normalized spacial score (nSPS) is 10.4. The number of nitrogens with zero attached hydrogens (tertiary/aromatic N) is 2. The summed E-state index contributed by atoms with van der Waals surface area (Å²) < 4.78 is 11.5. The van der Waals surface area contributed by atoms with E-state index >= 15 is 0 Å². The van der Waals surface area contributed by atoms with Gasteiger partial charge in [-0.25, -0.2) is 4.98 Å². The largest absolute Gasteiger partial charge is 0.494 e. The average Bonchev–Trinajstić information content (AvgIpc) is 2.79. The molecule has 0 radical (unpaired) electrons. The Morgan fingerprint density at radius 2 is 1.71 bits per heavy atom. The summed E-state index contributed by atoms with van der Waals surface area (Å²) in [5.41, 5.74) is 0.779. The standard InChI is InChI=1S/C24H33N3O4/c1-4-17-30-20-12-14-21(15-13-20)31-24-19(9-8-16-25-24)18-26-22(28)10-7-11-23(29)27(5-2)6-3/h8-9,12-16H,4-7,10-11,17-18H2,1-3H3,(H,26,28). The SMILES string of the molecule is CCCOc1ccc(Oc2ncccc2CNC(=O)CCCC(=O)N(CC)CC)cc1. The van der Waals surface area contributed by atoms with Crippen molar-refractivity contribution in [3.8, 4) is 17.4 Å². The topological polar surface area (TPSA) is 80.8 Å². The van der Waals surface area contributed by atoms with Gasteiger partial charge in [0.25, 0.3) is 0 Å². The lowest BCUT2D eigenvalue weighted by molar-refractivity contribution is -0.131. The fourth-order valence-electron chi connectivity index (χ4n) is 3.00. The lowest BCUT2D eigenvalue weighted by Gasteiger charge is -2.18. The highest BCUT2D eigenvalue weighted by Gasteiger charge is 2.12. The van der Waals surface area contributed by atoms with Crippen molar-refractivity contribution in [1.29, 1.82) is 0 Å². The smallest absolute Gasteiger partial charge is 0.224 e. The molecule has 2 rings (SSSR count). The number of carbonyl (C=O) groups is 2. The molecule has 0 aliphatic heterocycles. The van der Waals surface area contributed by atoms with E-state index in [1.54, 1.807) is 17.2 Å². The Bertz CT molecular complexity index is 820. The van der Waals surface area contributed by atoms with Crippen LogP contribution in [0.3, 0.4) is 0 Å². The number of rotatable bonds is 13. The average molecular weight is 428 g/mol. The highest BCUT2D eigenvalue weighted by atomic mass is 16.5. The van der Waals surface area contributed by atoms with E-state index in [1.165, 1.54) is 0 Å². The maximum atomic E-state index is 12.2. The molecular weight excluding hydrogens is 394 g/mol. The summed E-state index contributed by atoms with van der Waals surface area (Å²) in [6.07, 6.45) is 3.83. The molecule has 2 aromatic rings. The van der Waals surface area contributed by atoms with Crippen molar-refractivity contribution < 1.29 is 19.1 Å². The van der Waals surface area contributed by atoms with Crippen LogP contribution in [0.25, 0.3) is 0 Å². The number of hydrogen-bond acceptors (Lipinski definition) is 5. The van der Waals surface area contributed by atoms with Crippen LogP contribution in [0.4, 0.5) is 0 Å². The number of pyridine rings is 1. The van der Waals surface area contributed by atoms with Gasteiger partial charge in [0.15, 0.2) is 0 Å². The number of hydrogen-bond donors (Lipinski definition) is 1. The summed E-state index contributed by atoms with van der Waals surface area (Å²) in [5, 5.41) is 2.88. The first-order valence-corrected chi connectivity index (χ1v) is 11.0. The molecule has 0 unspecified atom stereocenters. The number of carbonyl (C=O) groups excluding carboxylic acids is 2. The van der Waals surface area contributed by atoms with Crippen LogP contribution in [-0.4, -0.2) is 41.4 Å². The lowest BCUT2D eigenvalue weighted by atomic mass is 10.2. The highest BCUT2D eigenvalue weighted by Crippen LogP contribution is 2.25. The molecule has 2 amide bonds. The van der Waals surface area contributed by atoms with Gasteiger partial charge < -0.3 is 19.7 Å². The molecule has 31 heavy (non-hydrogen) atoms. The van der Waals surface area contributed by atoms with Gasteiger partial charge in [0.05, 0.1) is 6.61 Å². The van der Waals surface area contributed by atoms with Crippen molar-refractivity contribution in [2.24, 2.45) is 0 Å². The van der Waals surface area contributed by atoms with Gasteiger partial charge in [0.2, 0.25) is 17.7 Å².